The van der Waals surface area contributed by atoms with Gasteiger partial charge in [0.05, 0.1) is 10.4 Å². The van der Waals surface area contributed by atoms with Crippen molar-refractivity contribution in [2.45, 2.75) is 12.3 Å². The molecule has 3 aromatic heterocycles. The summed E-state index contributed by atoms with van der Waals surface area (Å²) in [6.45, 7) is 2.48. The number of hydrogen-bond acceptors (Lipinski definition) is 7. The molecular weight excluding hydrogens is 412 g/mol. The maximum Gasteiger partial charge on any atom is 0.261 e. The number of hydrogen-bond donors (Lipinski definition) is 2. The Kier molecular flexibility index (Phi) is 6.15. The number of nitrogen functional groups attached to an aromatic ring is 1. The highest BCUT2D eigenvalue weighted by Crippen LogP contribution is 2.39. The number of aromatic nitrogens is 2. The topological polar surface area (TPSA) is 104 Å². The van der Waals surface area contributed by atoms with Crippen LogP contribution < -0.4 is 11.1 Å². The van der Waals surface area contributed by atoms with Crippen molar-refractivity contribution in [1.82, 2.24) is 25.1 Å². The van der Waals surface area contributed by atoms with Crippen LogP contribution in [0.15, 0.2) is 36.7 Å². The van der Waals surface area contributed by atoms with Crippen LogP contribution in [0.25, 0.3) is 10.2 Å². The van der Waals surface area contributed by atoms with E-state index in [1.54, 1.807) is 29.4 Å². The molecule has 3 aromatic rings. The van der Waals surface area contributed by atoms with Crippen molar-refractivity contribution in [3.63, 3.8) is 0 Å². The van der Waals surface area contributed by atoms with Crippen molar-refractivity contribution in [2.75, 3.05) is 46.0 Å². The summed E-state index contributed by atoms with van der Waals surface area (Å²) in [5, 5.41) is 4.01. The molecule has 31 heavy (non-hydrogen) atoms. The zero-order valence-electron chi connectivity index (χ0n) is 17.7. The van der Waals surface area contributed by atoms with Crippen LogP contribution in [-0.4, -0.2) is 71.9 Å². The van der Waals surface area contributed by atoms with Gasteiger partial charge >= 0.3 is 0 Å². The van der Waals surface area contributed by atoms with Gasteiger partial charge in [-0.3, -0.25) is 9.59 Å². The molecule has 8 nitrogen and oxygen atoms in total. The highest BCUT2D eigenvalue weighted by molar-refractivity contribution is 7.20. The zero-order chi connectivity index (χ0) is 22.0. The van der Waals surface area contributed by atoms with E-state index < -0.39 is 0 Å². The SMILES string of the molecule is CN(C)CCNC(=O)c1sc2ncccc2c1C1CCN(C(=O)c2cccnc2N)C1. The third kappa shape index (κ3) is 4.38. The van der Waals surface area contributed by atoms with E-state index in [4.69, 9.17) is 5.73 Å². The van der Waals surface area contributed by atoms with Gasteiger partial charge in [0.15, 0.2) is 0 Å². The number of fused-ring (bicyclic) bond motifs is 1. The number of likely N-dealkylation sites (N-methyl/N-ethyl adjacent to an activating group) is 1. The highest BCUT2D eigenvalue weighted by atomic mass is 32.1. The first-order valence-electron chi connectivity index (χ1n) is 10.3. The van der Waals surface area contributed by atoms with Crippen molar-refractivity contribution in [1.29, 1.82) is 0 Å². The molecule has 1 fully saturated rings. The van der Waals surface area contributed by atoms with Gasteiger partial charge < -0.3 is 20.9 Å². The number of carbonyl (C=O) groups is 2. The highest BCUT2D eigenvalue weighted by Gasteiger charge is 2.33. The van der Waals surface area contributed by atoms with Gasteiger partial charge in [-0.1, -0.05) is 6.07 Å². The fourth-order valence-electron chi connectivity index (χ4n) is 3.95. The third-order valence-corrected chi connectivity index (χ3v) is 6.64. The molecule has 1 aliphatic heterocycles. The summed E-state index contributed by atoms with van der Waals surface area (Å²) in [5.74, 6) is 0.0976. The van der Waals surface area contributed by atoms with Gasteiger partial charge in [-0.05, 0) is 44.3 Å². The Morgan fingerprint density at radius 2 is 2.03 bits per heavy atom. The lowest BCUT2D eigenvalue weighted by Gasteiger charge is -2.18. The van der Waals surface area contributed by atoms with Crippen molar-refractivity contribution in [2.24, 2.45) is 0 Å². The molecule has 162 valence electrons. The van der Waals surface area contributed by atoms with Crippen LogP contribution >= 0.6 is 11.3 Å². The number of amides is 2. The molecule has 0 saturated carbocycles. The maximum atomic E-state index is 13.0. The normalized spacial score (nSPS) is 16.2. The summed E-state index contributed by atoms with van der Waals surface area (Å²) < 4.78 is 0. The van der Waals surface area contributed by atoms with E-state index in [1.807, 2.05) is 31.1 Å². The minimum absolute atomic E-state index is 0.0643. The Morgan fingerprint density at radius 3 is 2.81 bits per heavy atom. The van der Waals surface area contributed by atoms with Crippen LogP contribution in [0.1, 0.15) is 37.9 Å². The molecule has 1 atom stereocenters. The lowest BCUT2D eigenvalue weighted by Crippen LogP contribution is -2.32. The molecule has 1 saturated heterocycles. The van der Waals surface area contributed by atoms with Crippen molar-refractivity contribution < 1.29 is 9.59 Å². The molecule has 0 spiro atoms. The summed E-state index contributed by atoms with van der Waals surface area (Å²) in [6, 6.07) is 7.31. The van der Waals surface area contributed by atoms with Gasteiger partial charge in [0.2, 0.25) is 0 Å². The minimum Gasteiger partial charge on any atom is -0.383 e. The fraction of sp³-hybridized carbons (Fsp3) is 0.364. The number of carbonyl (C=O) groups excluding carboxylic acids is 2. The van der Waals surface area contributed by atoms with E-state index in [1.165, 1.54) is 11.3 Å². The first-order valence-corrected chi connectivity index (χ1v) is 11.1. The fourth-order valence-corrected chi connectivity index (χ4v) is 5.09. The molecule has 3 N–H and O–H groups in total. The lowest BCUT2D eigenvalue weighted by molar-refractivity contribution is 0.0791. The van der Waals surface area contributed by atoms with Gasteiger partial charge in [0, 0.05) is 49.9 Å². The lowest BCUT2D eigenvalue weighted by atomic mass is 9.95. The zero-order valence-corrected chi connectivity index (χ0v) is 18.5. The average Bonchev–Trinajstić information content (AvgIpc) is 3.38. The molecule has 4 rings (SSSR count). The molecule has 0 aromatic carbocycles. The summed E-state index contributed by atoms with van der Waals surface area (Å²) in [4.78, 5) is 39.8. The average molecular weight is 439 g/mol. The number of rotatable bonds is 6. The Hall–Kier alpha value is -3.04. The molecule has 0 aliphatic carbocycles. The third-order valence-electron chi connectivity index (χ3n) is 5.51. The first kappa shape index (κ1) is 21.2. The molecule has 4 heterocycles. The van der Waals surface area contributed by atoms with E-state index in [9.17, 15) is 9.59 Å². The Bertz CT molecular complexity index is 1110. The van der Waals surface area contributed by atoms with Gasteiger partial charge in [-0.15, -0.1) is 11.3 Å². The molecule has 0 radical (unpaired) electrons. The molecule has 2 amide bonds. The number of nitrogens with two attached hydrogens (primary N) is 1. The summed E-state index contributed by atoms with van der Waals surface area (Å²) in [6.07, 6.45) is 4.10. The number of nitrogens with zero attached hydrogens (tertiary/aromatic N) is 4. The van der Waals surface area contributed by atoms with Crippen LogP contribution in [0.3, 0.4) is 0 Å². The van der Waals surface area contributed by atoms with Crippen LogP contribution in [0.2, 0.25) is 0 Å². The standard InChI is InChI=1S/C22H26N6O2S/c1-27(2)12-10-25-20(29)18-17(15-5-3-9-26-21(15)31-18)14-7-11-28(13-14)22(30)16-6-4-8-24-19(16)23/h3-6,8-9,14H,7,10-13H2,1-2H3,(H2,23,24)(H,25,29). The Labute approximate surface area is 185 Å². The quantitative estimate of drug-likeness (QED) is 0.611. The Balaban J connectivity index is 1.59. The van der Waals surface area contributed by atoms with E-state index in [-0.39, 0.29) is 23.6 Å². The smallest absolute Gasteiger partial charge is 0.261 e. The van der Waals surface area contributed by atoms with Gasteiger partial charge in [0.25, 0.3) is 11.8 Å². The van der Waals surface area contributed by atoms with Crippen LogP contribution in [-0.2, 0) is 0 Å². The van der Waals surface area contributed by atoms with Gasteiger partial charge in [0.1, 0.15) is 10.6 Å². The maximum absolute atomic E-state index is 13.0. The number of nitrogens with one attached hydrogen (secondary N) is 1. The molecule has 0 bridgehead atoms. The number of thiophene rings is 1. The molecule has 1 aliphatic rings. The molecule has 1 unspecified atom stereocenters. The second-order valence-electron chi connectivity index (χ2n) is 7.93. The van der Waals surface area contributed by atoms with E-state index in [2.05, 4.69) is 15.3 Å². The second-order valence-corrected chi connectivity index (χ2v) is 8.93. The summed E-state index contributed by atoms with van der Waals surface area (Å²) in [5.41, 5.74) is 7.31. The molecular formula is C22H26N6O2S. The van der Waals surface area contributed by atoms with E-state index in [0.29, 0.717) is 30.1 Å². The van der Waals surface area contributed by atoms with Crippen LogP contribution in [0.4, 0.5) is 5.82 Å². The van der Waals surface area contributed by atoms with Crippen molar-refractivity contribution in [3.8, 4) is 0 Å². The van der Waals surface area contributed by atoms with E-state index >= 15 is 0 Å². The van der Waals surface area contributed by atoms with E-state index in [0.717, 1.165) is 28.7 Å². The predicted octanol–water partition coefficient (Wildman–Crippen LogP) is 2.19. The monoisotopic (exact) mass is 438 g/mol. The largest absolute Gasteiger partial charge is 0.383 e. The number of anilines is 1. The molecule has 9 heteroatoms. The predicted molar refractivity (Wildman–Crippen MR) is 122 cm³/mol. The second kappa shape index (κ2) is 8.99. The summed E-state index contributed by atoms with van der Waals surface area (Å²) in [7, 11) is 3.94. The van der Waals surface area contributed by atoms with Gasteiger partial charge in [-0.25, -0.2) is 9.97 Å². The van der Waals surface area contributed by atoms with Gasteiger partial charge in [-0.2, -0.15) is 0 Å². The van der Waals surface area contributed by atoms with Crippen LogP contribution in [0, 0.1) is 0 Å². The summed E-state index contributed by atoms with van der Waals surface area (Å²) >= 11 is 1.42. The van der Waals surface area contributed by atoms with Crippen molar-refractivity contribution in [3.05, 3.63) is 52.7 Å². The first-order chi connectivity index (χ1) is 15.0. The van der Waals surface area contributed by atoms with Crippen LogP contribution in [0.5, 0.6) is 0 Å². The Morgan fingerprint density at radius 1 is 1.26 bits per heavy atom. The number of pyridine rings is 2. The number of likely N-dealkylation sites (tertiary alicyclic amines) is 1. The van der Waals surface area contributed by atoms with Crippen molar-refractivity contribution >= 4 is 39.2 Å². The minimum atomic E-state index is -0.122.